The van der Waals surface area contributed by atoms with Crippen LogP contribution >= 0.6 is 0 Å². The Bertz CT molecular complexity index is 463. The van der Waals surface area contributed by atoms with E-state index in [9.17, 15) is 4.79 Å². The Kier molecular flexibility index (Phi) is 7.92. The van der Waals surface area contributed by atoms with Gasteiger partial charge < -0.3 is 14.8 Å². The van der Waals surface area contributed by atoms with Crippen LogP contribution in [-0.4, -0.2) is 32.3 Å². The fraction of sp³-hybridized carbons (Fsp3) is 0.500. The van der Waals surface area contributed by atoms with E-state index in [0.29, 0.717) is 30.4 Å². The van der Waals surface area contributed by atoms with Crippen molar-refractivity contribution in [1.82, 2.24) is 5.32 Å². The molecule has 0 radical (unpaired) electrons. The molecule has 114 valence electrons. The first kappa shape index (κ1) is 17.0. The van der Waals surface area contributed by atoms with Crippen LogP contribution < -0.4 is 10.1 Å². The number of nitrogens with one attached hydrogen (secondary N) is 1. The van der Waals surface area contributed by atoms with Gasteiger partial charge in [0.25, 0.3) is 5.91 Å². The molecule has 0 bridgehead atoms. The molecular weight excluding hydrogens is 268 g/mol. The van der Waals surface area contributed by atoms with Gasteiger partial charge in [-0.1, -0.05) is 13.8 Å². The lowest BCUT2D eigenvalue weighted by Gasteiger charge is -2.09. The van der Waals surface area contributed by atoms with Gasteiger partial charge in [0.2, 0.25) is 0 Å². The predicted molar refractivity (Wildman–Crippen MR) is 79.9 cm³/mol. The number of hydrogen-bond donors (Lipinski definition) is 1. The summed E-state index contributed by atoms with van der Waals surface area (Å²) in [5.74, 6) is 0.938. The summed E-state index contributed by atoms with van der Waals surface area (Å²) in [5.41, 5.74) is 0.563. The van der Waals surface area contributed by atoms with Crippen LogP contribution in [0.4, 0.5) is 0 Å². The maximum atomic E-state index is 11.6. The smallest absolute Gasteiger partial charge is 0.257 e. The summed E-state index contributed by atoms with van der Waals surface area (Å²) in [6.45, 7) is 6.14. The molecule has 1 amide bonds. The standard InChI is InChI=1S/C16H22N2O3/c1-13(2)11-20-9-3-8-18-16(19)12-21-15-6-4-14(10-17)5-7-15/h4-7,13H,3,8-9,11-12H2,1-2H3,(H,18,19). The van der Waals surface area contributed by atoms with Gasteiger partial charge in [-0.2, -0.15) is 5.26 Å². The zero-order valence-corrected chi connectivity index (χ0v) is 12.6. The second kappa shape index (κ2) is 9.78. The van der Waals surface area contributed by atoms with Crippen molar-refractivity contribution in [3.63, 3.8) is 0 Å². The molecule has 5 nitrogen and oxygen atoms in total. The van der Waals surface area contributed by atoms with Crippen LogP contribution in [-0.2, 0) is 9.53 Å². The van der Waals surface area contributed by atoms with E-state index in [1.807, 2.05) is 6.07 Å². The lowest BCUT2D eigenvalue weighted by molar-refractivity contribution is -0.123. The van der Waals surface area contributed by atoms with E-state index in [0.717, 1.165) is 13.0 Å². The SMILES string of the molecule is CC(C)COCCCNC(=O)COc1ccc(C#N)cc1. The minimum atomic E-state index is -0.164. The van der Waals surface area contributed by atoms with E-state index in [-0.39, 0.29) is 12.5 Å². The van der Waals surface area contributed by atoms with Crippen molar-refractivity contribution in [2.45, 2.75) is 20.3 Å². The van der Waals surface area contributed by atoms with Crippen molar-refractivity contribution < 1.29 is 14.3 Å². The van der Waals surface area contributed by atoms with Gasteiger partial charge in [-0.15, -0.1) is 0 Å². The monoisotopic (exact) mass is 290 g/mol. The first-order valence-corrected chi connectivity index (χ1v) is 7.09. The zero-order chi connectivity index (χ0) is 15.5. The number of nitriles is 1. The summed E-state index contributed by atoms with van der Waals surface area (Å²) in [6.07, 6.45) is 0.787. The summed E-state index contributed by atoms with van der Waals surface area (Å²) < 4.78 is 10.7. The Morgan fingerprint density at radius 1 is 1.33 bits per heavy atom. The van der Waals surface area contributed by atoms with Gasteiger partial charge in [0.1, 0.15) is 5.75 Å². The molecule has 1 aromatic rings. The second-order valence-corrected chi connectivity index (χ2v) is 5.10. The van der Waals surface area contributed by atoms with Gasteiger partial charge in [-0.25, -0.2) is 0 Å². The Balaban J connectivity index is 2.09. The van der Waals surface area contributed by atoms with Crippen molar-refractivity contribution in [2.24, 2.45) is 5.92 Å². The average molecular weight is 290 g/mol. The molecule has 0 aliphatic rings. The molecule has 0 fully saturated rings. The molecule has 21 heavy (non-hydrogen) atoms. The number of carbonyl (C=O) groups is 1. The molecule has 0 unspecified atom stereocenters. The van der Waals surface area contributed by atoms with Gasteiger partial charge in [0, 0.05) is 19.8 Å². The molecule has 1 rings (SSSR count). The molecule has 0 saturated heterocycles. The number of benzene rings is 1. The molecule has 0 spiro atoms. The number of nitrogens with zero attached hydrogens (tertiary/aromatic N) is 1. The maximum absolute atomic E-state index is 11.6. The molecule has 0 saturated carbocycles. The maximum Gasteiger partial charge on any atom is 0.257 e. The van der Waals surface area contributed by atoms with Crippen LogP contribution in [0.15, 0.2) is 24.3 Å². The van der Waals surface area contributed by atoms with E-state index in [2.05, 4.69) is 19.2 Å². The Labute approximate surface area is 125 Å². The van der Waals surface area contributed by atoms with E-state index in [1.165, 1.54) is 0 Å². The van der Waals surface area contributed by atoms with E-state index >= 15 is 0 Å². The van der Waals surface area contributed by atoms with Crippen molar-refractivity contribution >= 4 is 5.91 Å². The quantitative estimate of drug-likeness (QED) is 0.707. The second-order valence-electron chi connectivity index (χ2n) is 5.10. The normalized spacial score (nSPS) is 10.2. The highest BCUT2D eigenvalue weighted by Gasteiger charge is 2.02. The molecular formula is C16H22N2O3. The first-order chi connectivity index (χ1) is 10.1. The zero-order valence-electron chi connectivity index (χ0n) is 12.6. The van der Waals surface area contributed by atoms with E-state index < -0.39 is 0 Å². The van der Waals surface area contributed by atoms with Gasteiger partial charge in [0.15, 0.2) is 6.61 Å². The largest absolute Gasteiger partial charge is 0.484 e. The van der Waals surface area contributed by atoms with Crippen LogP contribution in [0.1, 0.15) is 25.8 Å². The van der Waals surface area contributed by atoms with Gasteiger partial charge >= 0.3 is 0 Å². The van der Waals surface area contributed by atoms with E-state index in [4.69, 9.17) is 14.7 Å². The van der Waals surface area contributed by atoms with Gasteiger partial charge in [0.05, 0.1) is 11.6 Å². The molecule has 0 aliphatic carbocycles. The Morgan fingerprint density at radius 2 is 2.05 bits per heavy atom. The third-order valence-electron chi connectivity index (χ3n) is 2.59. The fourth-order valence-corrected chi connectivity index (χ4v) is 1.55. The predicted octanol–water partition coefficient (Wildman–Crippen LogP) is 2.12. The molecule has 0 aliphatic heterocycles. The highest BCUT2D eigenvalue weighted by molar-refractivity contribution is 5.77. The molecule has 1 N–H and O–H groups in total. The Morgan fingerprint density at radius 3 is 2.67 bits per heavy atom. The number of rotatable bonds is 9. The minimum Gasteiger partial charge on any atom is -0.484 e. The minimum absolute atomic E-state index is 0.0290. The molecule has 0 heterocycles. The number of carbonyl (C=O) groups excluding carboxylic acids is 1. The summed E-state index contributed by atoms with van der Waals surface area (Å²) in [4.78, 5) is 11.6. The average Bonchev–Trinajstić information content (AvgIpc) is 2.49. The highest BCUT2D eigenvalue weighted by Crippen LogP contribution is 2.11. The fourth-order valence-electron chi connectivity index (χ4n) is 1.55. The van der Waals surface area contributed by atoms with Crippen molar-refractivity contribution in [2.75, 3.05) is 26.4 Å². The van der Waals surface area contributed by atoms with Crippen molar-refractivity contribution in [3.8, 4) is 11.8 Å². The lowest BCUT2D eigenvalue weighted by atomic mass is 10.2. The molecule has 5 heteroatoms. The molecule has 0 atom stereocenters. The van der Waals surface area contributed by atoms with Crippen LogP contribution in [0.25, 0.3) is 0 Å². The molecule has 1 aromatic carbocycles. The van der Waals surface area contributed by atoms with Crippen molar-refractivity contribution in [1.29, 1.82) is 5.26 Å². The first-order valence-electron chi connectivity index (χ1n) is 7.09. The van der Waals surface area contributed by atoms with Crippen molar-refractivity contribution in [3.05, 3.63) is 29.8 Å². The lowest BCUT2D eigenvalue weighted by Crippen LogP contribution is -2.30. The highest BCUT2D eigenvalue weighted by atomic mass is 16.5. The molecule has 0 aromatic heterocycles. The van der Waals surface area contributed by atoms with Crippen LogP contribution in [0.5, 0.6) is 5.75 Å². The number of hydrogen-bond acceptors (Lipinski definition) is 4. The Hall–Kier alpha value is -2.06. The third kappa shape index (κ3) is 7.95. The van der Waals surface area contributed by atoms with Gasteiger partial charge in [-0.3, -0.25) is 4.79 Å². The van der Waals surface area contributed by atoms with Crippen LogP contribution in [0.2, 0.25) is 0 Å². The van der Waals surface area contributed by atoms with Gasteiger partial charge in [-0.05, 0) is 36.6 Å². The van der Waals surface area contributed by atoms with Crippen LogP contribution in [0.3, 0.4) is 0 Å². The summed E-state index contributed by atoms with van der Waals surface area (Å²) in [5, 5.41) is 11.4. The summed E-state index contributed by atoms with van der Waals surface area (Å²) in [7, 11) is 0. The van der Waals surface area contributed by atoms with E-state index in [1.54, 1.807) is 24.3 Å². The van der Waals surface area contributed by atoms with Crippen LogP contribution in [0, 0.1) is 17.2 Å². The number of ether oxygens (including phenoxy) is 2. The topological polar surface area (TPSA) is 71.3 Å². The third-order valence-corrected chi connectivity index (χ3v) is 2.59. The summed E-state index contributed by atoms with van der Waals surface area (Å²) >= 11 is 0. The number of amides is 1. The summed E-state index contributed by atoms with van der Waals surface area (Å²) in [6, 6.07) is 8.67.